The van der Waals surface area contributed by atoms with Gasteiger partial charge in [0, 0.05) is 18.4 Å². The fourth-order valence-electron chi connectivity index (χ4n) is 3.02. The van der Waals surface area contributed by atoms with E-state index in [-0.39, 0.29) is 30.7 Å². The van der Waals surface area contributed by atoms with Crippen LogP contribution in [0.2, 0.25) is 0 Å². The lowest BCUT2D eigenvalue weighted by molar-refractivity contribution is -0.116. The molecule has 3 aromatic rings. The van der Waals surface area contributed by atoms with E-state index in [1.807, 2.05) is 30.3 Å². The molecule has 1 aromatic heterocycles. The number of anilines is 1. The van der Waals surface area contributed by atoms with E-state index in [0.29, 0.717) is 16.8 Å². The molecular formula is C20H15N3O3. The minimum Gasteiger partial charge on any atom is -0.325 e. The van der Waals surface area contributed by atoms with Crippen LogP contribution in [0.1, 0.15) is 27.1 Å². The first-order valence-corrected chi connectivity index (χ1v) is 8.23. The average Bonchev–Trinajstić information content (AvgIpc) is 2.91. The number of para-hydroxylation sites is 1. The fraction of sp³-hybridized carbons (Fsp3) is 0.100. The summed E-state index contributed by atoms with van der Waals surface area (Å²) in [6.45, 7) is 0.0409. The Morgan fingerprint density at radius 3 is 2.35 bits per heavy atom. The second kappa shape index (κ2) is 6.40. The zero-order chi connectivity index (χ0) is 18.1. The molecule has 1 aliphatic rings. The molecule has 6 heteroatoms. The molecular weight excluding hydrogens is 330 g/mol. The second-order valence-corrected chi connectivity index (χ2v) is 6.02. The largest absolute Gasteiger partial charge is 0.325 e. The molecule has 0 radical (unpaired) electrons. The molecule has 0 spiro atoms. The first kappa shape index (κ1) is 16.0. The van der Waals surface area contributed by atoms with Gasteiger partial charge in [0.15, 0.2) is 0 Å². The third-order valence-corrected chi connectivity index (χ3v) is 4.31. The highest BCUT2D eigenvalue weighted by atomic mass is 16.2. The summed E-state index contributed by atoms with van der Waals surface area (Å²) in [6.07, 6.45) is 1.61. The first-order valence-electron chi connectivity index (χ1n) is 8.23. The highest BCUT2D eigenvalue weighted by Gasteiger charge is 2.34. The van der Waals surface area contributed by atoms with Gasteiger partial charge in [-0.2, -0.15) is 0 Å². The van der Waals surface area contributed by atoms with Crippen molar-refractivity contribution < 1.29 is 14.4 Å². The second-order valence-electron chi connectivity index (χ2n) is 6.02. The first-order chi connectivity index (χ1) is 12.6. The Bertz CT molecular complexity index is 1010. The van der Waals surface area contributed by atoms with E-state index in [9.17, 15) is 14.4 Å². The van der Waals surface area contributed by atoms with Crippen LogP contribution < -0.4 is 5.32 Å². The number of nitrogens with zero attached hydrogens (tertiary/aromatic N) is 2. The van der Waals surface area contributed by atoms with Gasteiger partial charge < -0.3 is 5.32 Å². The lowest BCUT2D eigenvalue weighted by Crippen LogP contribution is -2.32. The predicted octanol–water partition coefficient (Wildman–Crippen LogP) is 2.86. The number of carbonyl (C=O) groups excluding carboxylic acids is 3. The molecule has 0 atom stereocenters. The van der Waals surface area contributed by atoms with E-state index in [0.717, 1.165) is 15.8 Å². The van der Waals surface area contributed by atoms with E-state index in [1.165, 1.54) is 0 Å². The maximum Gasteiger partial charge on any atom is 0.261 e. The number of carbonyl (C=O) groups is 3. The van der Waals surface area contributed by atoms with E-state index in [1.54, 1.807) is 30.5 Å². The van der Waals surface area contributed by atoms with Gasteiger partial charge in [-0.25, -0.2) is 0 Å². The quantitative estimate of drug-likeness (QED) is 0.738. The normalized spacial score (nSPS) is 13.2. The average molecular weight is 345 g/mol. The van der Waals surface area contributed by atoms with E-state index in [4.69, 9.17) is 0 Å². The van der Waals surface area contributed by atoms with Gasteiger partial charge >= 0.3 is 0 Å². The Labute approximate surface area is 149 Å². The fourth-order valence-corrected chi connectivity index (χ4v) is 3.02. The summed E-state index contributed by atoms with van der Waals surface area (Å²) in [6, 6.07) is 16.1. The smallest absolute Gasteiger partial charge is 0.261 e. The number of imide groups is 1. The van der Waals surface area contributed by atoms with Crippen LogP contribution in [0.25, 0.3) is 10.9 Å². The van der Waals surface area contributed by atoms with Gasteiger partial charge in [0.2, 0.25) is 5.91 Å². The lowest BCUT2D eigenvalue weighted by Gasteiger charge is -2.13. The van der Waals surface area contributed by atoms with Crippen molar-refractivity contribution in [2.75, 3.05) is 11.9 Å². The Hall–Kier alpha value is -3.54. The van der Waals surface area contributed by atoms with Gasteiger partial charge in [-0.1, -0.05) is 30.3 Å². The molecule has 0 unspecified atom stereocenters. The van der Waals surface area contributed by atoms with Gasteiger partial charge in [0.1, 0.15) is 0 Å². The Morgan fingerprint density at radius 1 is 0.962 bits per heavy atom. The van der Waals surface area contributed by atoms with E-state index in [2.05, 4.69) is 10.3 Å². The maximum absolute atomic E-state index is 12.3. The van der Waals surface area contributed by atoms with Crippen molar-refractivity contribution in [1.82, 2.24) is 9.88 Å². The van der Waals surface area contributed by atoms with Crippen LogP contribution in [0.15, 0.2) is 60.8 Å². The lowest BCUT2D eigenvalue weighted by atomic mass is 10.1. The summed E-state index contributed by atoms with van der Waals surface area (Å²) in [5.74, 6) is -0.991. The molecule has 1 aliphatic heterocycles. The molecule has 0 aliphatic carbocycles. The molecule has 0 fully saturated rings. The van der Waals surface area contributed by atoms with Crippen LogP contribution in [0, 0.1) is 0 Å². The zero-order valence-electron chi connectivity index (χ0n) is 13.8. The summed E-state index contributed by atoms with van der Waals surface area (Å²) in [5.41, 5.74) is 2.20. The monoisotopic (exact) mass is 345 g/mol. The number of benzene rings is 2. The minimum absolute atomic E-state index is 0.0261. The topological polar surface area (TPSA) is 79.4 Å². The number of rotatable bonds is 4. The number of hydrogen-bond acceptors (Lipinski definition) is 4. The highest BCUT2D eigenvalue weighted by molar-refractivity contribution is 6.21. The molecule has 2 heterocycles. The molecule has 3 amide bonds. The molecule has 26 heavy (non-hydrogen) atoms. The molecule has 1 N–H and O–H groups in total. The van der Waals surface area contributed by atoms with E-state index >= 15 is 0 Å². The van der Waals surface area contributed by atoms with Crippen LogP contribution >= 0.6 is 0 Å². The van der Waals surface area contributed by atoms with Crippen molar-refractivity contribution in [3.05, 3.63) is 71.9 Å². The summed E-state index contributed by atoms with van der Waals surface area (Å²) in [5, 5.41) is 3.68. The van der Waals surface area contributed by atoms with Crippen LogP contribution in [0.3, 0.4) is 0 Å². The number of aromatic nitrogens is 1. The van der Waals surface area contributed by atoms with Crippen LogP contribution in [0.4, 0.5) is 5.69 Å². The number of fused-ring (bicyclic) bond motifs is 2. The van der Waals surface area contributed by atoms with Crippen molar-refractivity contribution >= 4 is 34.3 Å². The standard InChI is InChI=1S/C20H15N3O3/c24-18(22-14-11-13-5-1-4-8-17(13)21-12-14)9-10-23-19(25)15-6-2-3-7-16(15)20(23)26/h1-8,11-12H,9-10H2,(H,22,24). The third kappa shape index (κ3) is 2.82. The number of amides is 3. The van der Waals surface area contributed by atoms with Crippen LogP contribution in [0.5, 0.6) is 0 Å². The van der Waals surface area contributed by atoms with Crippen molar-refractivity contribution in [2.45, 2.75) is 6.42 Å². The van der Waals surface area contributed by atoms with E-state index < -0.39 is 0 Å². The molecule has 128 valence electrons. The molecule has 4 rings (SSSR count). The maximum atomic E-state index is 12.3. The molecule has 6 nitrogen and oxygen atoms in total. The number of nitrogens with one attached hydrogen (secondary N) is 1. The Kier molecular flexibility index (Phi) is 3.93. The summed E-state index contributed by atoms with van der Waals surface area (Å²) >= 11 is 0. The highest BCUT2D eigenvalue weighted by Crippen LogP contribution is 2.22. The van der Waals surface area contributed by atoms with Crippen molar-refractivity contribution in [3.63, 3.8) is 0 Å². The Morgan fingerprint density at radius 2 is 1.62 bits per heavy atom. The summed E-state index contributed by atoms with van der Waals surface area (Å²) < 4.78 is 0. The van der Waals surface area contributed by atoms with Gasteiger partial charge in [-0.3, -0.25) is 24.3 Å². The SMILES string of the molecule is O=C(CCN1C(=O)c2ccccc2C1=O)Nc1cnc2ccccc2c1. The van der Waals surface area contributed by atoms with Crippen molar-refractivity contribution in [3.8, 4) is 0 Å². The number of hydrogen-bond donors (Lipinski definition) is 1. The molecule has 2 aromatic carbocycles. The Balaban J connectivity index is 1.41. The summed E-state index contributed by atoms with van der Waals surface area (Å²) in [4.78, 5) is 42.2. The van der Waals surface area contributed by atoms with Gasteiger partial charge in [-0.15, -0.1) is 0 Å². The minimum atomic E-state index is -0.356. The van der Waals surface area contributed by atoms with Crippen LogP contribution in [-0.2, 0) is 4.79 Å². The number of pyridine rings is 1. The molecule has 0 bridgehead atoms. The summed E-state index contributed by atoms with van der Waals surface area (Å²) in [7, 11) is 0. The third-order valence-electron chi connectivity index (χ3n) is 4.31. The van der Waals surface area contributed by atoms with Gasteiger partial charge in [0.05, 0.1) is 28.5 Å². The predicted molar refractivity (Wildman–Crippen MR) is 96.8 cm³/mol. The van der Waals surface area contributed by atoms with Crippen molar-refractivity contribution in [2.24, 2.45) is 0 Å². The molecule has 0 saturated heterocycles. The van der Waals surface area contributed by atoms with Gasteiger partial charge in [-0.05, 0) is 24.3 Å². The van der Waals surface area contributed by atoms with Gasteiger partial charge in [0.25, 0.3) is 11.8 Å². The molecule has 0 saturated carbocycles. The van der Waals surface area contributed by atoms with Crippen molar-refractivity contribution in [1.29, 1.82) is 0 Å². The zero-order valence-corrected chi connectivity index (χ0v) is 13.8. The van der Waals surface area contributed by atoms with Crippen LogP contribution in [-0.4, -0.2) is 34.2 Å².